The summed E-state index contributed by atoms with van der Waals surface area (Å²) in [5.74, 6) is -0.252. The predicted molar refractivity (Wildman–Crippen MR) is 77.4 cm³/mol. The van der Waals surface area contributed by atoms with Gasteiger partial charge in [0, 0.05) is 19.2 Å². The zero-order chi connectivity index (χ0) is 14.8. The van der Waals surface area contributed by atoms with Crippen LogP contribution in [0.4, 0.5) is 9.18 Å². The van der Waals surface area contributed by atoms with Crippen LogP contribution in [0.15, 0.2) is 24.3 Å². The topological polar surface area (TPSA) is 41.6 Å². The van der Waals surface area contributed by atoms with Gasteiger partial charge < -0.3 is 15.0 Å². The van der Waals surface area contributed by atoms with Crippen molar-refractivity contribution in [2.45, 2.75) is 44.4 Å². The fourth-order valence-corrected chi connectivity index (χ4v) is 3.00. The number of benzene rings is 1. The number of likely N-dealkylation sites (tertiary alicyclic amines) is 1. The Hall–Kier alpha value is -1.62. The van der Waals surface area contributed by atoms with E-state index in [4.69, 9.17) is 4.74 Å². The third-order valence-corrected chi connectivity index (χ3v) is 4.34. The van der Waals surface area contributed by atoms with Crippen molar-refractivity contribution >= 4 is 6.03 Å². The van der Waals surface area contributed by atoms with Crippen molar-refractivity contribution in [1.82, 2.24) is 10.2 Å². The highest BCUT2D eigenvalue weighted by Gasteiger charge is 2.37. The number of carbonyl (C=O) groups is 1. The molecule has 1 aromatic carbocycles. The molecule has 1 aliphatic carbocycles. The second-order valence-corrected chi connectivity index (χ2v) is 5.75. The number of rotatable bonds is 4. The molecule has 2 aliphatic rings. The van der Waals surface area contributed by atoms with Crippen LogP contribution < -0.4 is 5.32 Å². The van der Waals surface area contributed by atoms with E-state index < -0.39 is 0 Å². The van der Waals surface area contributed by atoms with Gasteiger partial charge in [-0.05, 0) is 43.9 Å². The first-order chi connectivity index (χ1) is 10.2. The average molecular weight is 292 g/mol. The van der Waals surface area contributed by atoms with E-state index in [-0.39, 0.29) is 30.0 Å². The molecule has 1 heterocycles. The van der Waals surface area contributed by atoms with Gasteiger partial charge in [0.15, 0.2) is 0 Å². The number of amides is 2. The zero-order valence-corrected chi connectivity index (χ0v) is 12.2. The second-order valence-electron chi connectivity index (χ2n) is 5.75. The largest absolute Gasteiger partial charge is 0.378 e. The number of carbonyl (C=O) groups excluding carboxylic acids is 1. The molecule has 4 nitrogen and oxygen atoms in total. The van der Waals surface area contributed by atoms with Crippen LogP contribution in [-0.2, 0) is 4.74 Å². The lowest BCUT2D eigenvalue weighted by molar-refractivity contribution is -0.00959. The molecule has 1 unspecified atom stereocenters. The first kappa shape index (κ1) is 14.3. The van der Waals surface area contributed by atoms with E-state index in [1.807, 2.05) is 13.0 Å². The lowest BCUT2D eigenvalue weighted by Gasteiger charge is -2.43. The fourth-order valence-electron chi connectivity index (χ4n) is 3.00. The van der Waals surface area contributed by atoms with E-state index >= 15 is 0 Å². The molecule has 1 aliphatic heterocycles. The van der Waals surface area contributed by atoms with E-state index in [1.165, 1.54) is 12.1 Å². The molecule has 1 aromatic rings. The van der Waals surface area contributed by atoms with Gasteiger partial charge in [0.25, 0.3) is 0 Å². The highest BCUT2D eigenvalue weighted by atomic mass is 19.1. The molecule has 0 aromatic heterocycles. The van der Waals surface area contributed by atoms with Crippen LogP contribution >= 0.6 is 0 Å². The molecular weight excluding hydrogens is 271 g/mol. The summed E-state index contributed by atoms with van der Waals surface area (Å²) in [6.45, 7) is 3.43. The van der Waals surface area contributed by atoms with Crippen LogP contribution in [0, 0.1) is 5.82 Å². The van der Waals surface area contributed by atoms with E-state index in [2.05, 4.69) is 5.32 Å². The van der Waals surface area contributed by atoms with Gasteiger partial charge in [0.2, 0.25) is 0 Å². The number of ether oxygens (including phenoxy) is 1. The highest BCUT2D eigenvalue weighted by Crippen LogP contribution is 2.34. The van der Waals surface area contributed by atoms with Crippen molar-refractivity contribution in [1.29, 1.82) is 0 Å². The third-order valence-electron chi connectivity index (χ3n) is 4.34. The lowest BCUT2D eigenvalue weighted by Crippen LogP contribution is -2.56. The van der Waals surface area contributed by atoms with Crippen LogP contribution in [0.1, 0.15) is 37.8 Å². The van der Waals surface area contributed by atoms with E-state index in [1.54, 1.807) is 11.0 Å². The van der Waals surface area contributed by atoms with Gasteiger partial charge >= 0.3 is 6.03 Å². The van der Waals surface area contributed by atoms with Gasteiger partial charge in [-0.3, -0.25) is 0 Å². The second kappa shape index (κ2) is 6.02. The number of hydrogen-bond donors (Lipinski definition) is 1. The van der Waals surface area contributed by atoms with Gasteiger partial charge in [-0.15, -0.1) is 0 Å². The molecule has 0 bridgehead atoms. The number of halogens is 1. The highest BCUT2D eigenvalue weighted by molar-refractivity contribution is 5.76. The Bertz CT molecular complexity index is 517. The number of urea groups is 1. The molecule has 3 rings (SSSR count). The Morgan fingerprint density at radius 3 is 2.90 bits per heavy atom. The summed E-state index contributed by atoms with van der Waals surface area (Å²) in [5, 5.41) is 3.03. The fraction of sp³-hybridized carbons (Fsp3) is 0.562. The van der Waals surface area contributed by atoms with Crippen molar-refractivity contribution in [2.24, 2.45) is 0 Å². The zero-order valence-electron chi connectivity index (χ0n) is 12.2. The van der Waals surface area contributed by atoms with Crippen molar-refractivity contribution in [3.8, 4) is 0 Å². The molecule has 1 N–H and O–H groups in total. The molecule has 2 amide bonds. The van der Waals surface area contributed by atoms with Gasteiger partial charge in [-0.25, -0.2) is 9.18 Å². The summed E-state index contributed by atoms with van der Waals surface area (Å²) in [7, 11) is 0. The molecule has 5 heteroatoms. The van der Waals surface area contributed by atoms with E-state index in [9.17, 15) is 9.18 Å². The smallest absolute Gasteiger partial charge is 0.318 e. The Balaban J connectivity index is 1.52. The number of nitrogens with zero attached hydrogens (tertiary/aromatic N) is 1. The van der Waals surface area contributed by atoms with Crippen molar-refractivity contribution in [3.05, 3.63) is 35.6 Å². The molecule has 1 saturated heterocycles. The van der Waals surface area contributed by atoms with Crippen molar-refractivity contribution < 1.29 is 13.9 Å². The van der Waals surface area contributed by atoms with Gasteiger partial charge in [-0.1, -0.05) is 12.1 Å². The summed E-state index contributed by atoms with van der Waals surface area (Å²) >= 11 is 0. The maximum absolute atomic E-state index is 13.3. The first-order valence-electron chi connectivity index (χ1n) is 7.61. The molecular formula is C16H21FN2O2. The summed E-state index contributed by atoms with van der Waals surface area (Å²) in [5.41, 5.74) is 0.872. The minimum Gasteiger partial charge on any atom is -0.378 e. The first-order valence-corrected chi connectivity index (χ1v) is 7.61. The quantitative estimate of drug-likeness (QED) is 0.927. The third kappa shape index (κ3) is 3.02. The predicted octanol–water partition coefficient (Wildman–Crippen LogP) is 2.85. The molecule has 0 radical (unpaired) electrons. The Labute approximate surface area is 124 Å². The molecule has 2 fully saturated rings. The molecule has 1 atom stereocenters. The van der Waals surface area contributed by atoms with Crippen LogP contribution in [0.5, 0.6) is 0 Å². The summed E-state index contributed by atoms with van der Waals surface area (Å²) in [6, 6.07) is 6.67. The Morgan fingerprint density at radius 1 is 1.48 bits per heavy atom. The van der Waals surface area contributed by atoms with Crippen LogP contribution in [0.25, 0.3) is 0 Å². The average Bonchev–Trinajstić information content (AvgIpc) is 2.35. The summed E-state index contributed by atoms with van der Waals surface area (Å²) in [4.78, 5) is 14.0. The molecule has 21 heavy (non-hydrogen) atoms. The minimum absolute atomic E-state index is 0.00321. The van der Waals surface area contributed by atoms with Gasteiger partial charge in [-0.2, -0.15) is 0 Å². The van der Waals surface area contributed by atoms with Gasteiger partial charge in [0.05, 0.1) is 12.1 Å². The summed E-state index contributed by atoms with van der Waals surface area (Å²) in [6.07, 6.45) is 2.95. The lowest BCUT2D eigenvalue weighted by atomic mass is 9.89. The van der Waals surface area contributed by atoms with Gasteiger partial charge in [0.1, 0.15) is 5.82 Å². The summed E-state index contributed by atoms with van der Waals surface area (Å²) < 4.78 is 18.8. The van der Waals surface area contributed by atoms with Crippen molar-refractivity contribution in [2.75, 3.05) is 13.2 Å². The Kier molecular flexibility index (Phi) is 4.10. The van der Waals surface area contributed by atoms with Crippen LogP contribution in [0.3, 0.4) is 0 Å². The minimum atomic E-state index is -0.252. The van der Waals surface area contributed by atoms with Crippen LogP contribution in [0.2, 0.25) is 0 Å². The monoisotopic (exact) mass is 292 g/mol. The molecule has 114 valence electrons. The maximum Gasteiger partial charge on any atom is 0.318 e. The van der Waals surface area contributed by atoms with E-state index in [0.717, 1.165) is 38.0 Å². The number of hydrogen-bond acceptors (Lipinski definition) is 2. The SMILES string of the molecule is CCOC1CC(NC(=O)N2CCC2c2cccc(F)c2)C1. The normalized spacial score (nSPS) is 27.7. The maximum atomic E-state index is 13.3. The molecule has 1 saturated carbocycles. The van der Waals surface area contributed by atoms with E-state index in [0.29, 0.717) is 0 Å². The molecule has 0 spiro atoms. The Morgan fingerprint density at radius 2 is 2.29 bits per heavy atom. The van der Waals surface area contributed by atoms with Crippen LogP contribution in [-0.4, -0.2) is 36.2 Å². The number of nitrogens with one attached hydrogen (secondary N) is 1. The standard InChI is InChI=1S/C16H21FN2O2/c1-2-21-14-9-13(10-14)18-16(20)19-7-6-15(19)11-4-3-5-12(17)8-11/h3-5,8,13-15H,2,6-7,9-10H2,1H3,(H,18,20). The van der Waals surface area contributed by atoms with Crippen molar-refractivity contribution in [3.63, 3.8) is 0 Å².